The molecule has 0 radical (unpaired) electrons. The highest BCUT2D eigenvalue weighted by molar-refractivity contribution is 5.78. The highest BCUT2D eigenvalue weighted by Gasteiger charge is 2.29. The molecule has 1 N–H and O–H groups in total. The van der Waals surface area contributed by atoms with Gasteiger partial charge in [0.05, 0.1) is 5.92 Å². The van der Waals surface area contributed by atoms with E-state index in [1.807, 2.05) is 36.4 Å². The van der Waals surface area contributed by atoms with Crippen LogP contribution in [-0.4, -0.2) is 35.0 Å². The fourth-order valence-electron chi connectivity index (χ4n) is 3.68. The molecule has 136 valence electrons. The minimum Gasteiger partial charge on any atom is -0.481 e. The molecule has 0 aliphatic carbocycles. The number of carbonyl (C=O) groups is 2. The quantitative estimate of drug-likeness (QED) is 0.863. The standard InChI is InChI=1S/C22H25NO3/c24-21(23-13-7-12-19(16-23)22(25)26)15-20(18-10-5-2-6-11-18)14-17-8-3-1-4-9-17/h1-6,8-11,19-20H,7,12-16H2,(H,25,26)/t19-,20?/m0/s1. The van der Waals surface area contributed by atoms with Crippen molar-refractivity contribution < 1.29 is 14.7 Å². The summed E-state index contributed by atoms with van der Waals surface area (Å²) in [6, 6.07) is 20.3. The van der Waals surface area contributed by atoms with Crippen LogP contribution in [0.2, 0.25) is 0 Å². The van der Waals surface area contributed by atoms with Crippen LogP contribution < -0.4 is 0 Å². The molecule has 1 fully saturated rings. The summed E-state index contributed by atoms with van der Waals surface area (Å²) in [6.45, 7) is 0.997. The second-order valence-corrected chi connectivity index (χ2v) is 7.02. The molecule has 2 aromatic rings. The summed E-state index contributed by atoms with van der Waals surface area (Å²) in [5.41, 5.74) is 2.35. The van der Waals surface area contributed by atoms with Gasteiger partial charge in [0, 0.05) is 19.5 Å². The number of hydrogen-bond acceptors (Lipinski definition) is 2. The van der Waals surface area contributed by atoms with E-state index < -0.39 is 11.9 Å². The summed E-state index contributed by atoms with van der Waals surface area (Å²) in [4.78, 5) is 25.9. The van der Waals surface area contributed by atoms with E-state index in [-0.39, 0.29) is 11.8 Å². The Labute approximate surface area is 154 Å². The summed E-state index contributed by atoms with van der Waals surface area (Å²) in [6.07, 6.45) is 2.63. The van der Waals surface area contributed by atoms with Gasteiger partial charge in [-0.05, 0) is 36.3 Å². The van der Waals surface area contributed by atoms with Gasteiger partial charge in [0.25, 0.3) is 0 Å². The van der Waals surface area contributed by atoms with Gasteiger partial charge in [0.2, 0.25) is 5.91 Å². The molecule has 0 saturated carbocycles. The summed E-state index contributed by atoms with van der Waals surface area (Å²) in [5.74, 6) is -1.08. The lowest BCUT2D eigenvalue weighted by atomic mass is 9.88. The number of aliphatic carboxylic acids is 1. The molecule has 0 bridgehead atoms. The zero-order valence-corrected chi connectivity index (χ0v) is 14.9. The highest BCUT2D eigenvalue weighted by atomic mass is 16.4. The minimum atomic E-state index is -0.800. The molecule has 1 amide bonds. The van der Waals surface area contributed by atoms with Gasteiger partial charge in [-0.15, -0.1) is 0 Å². The lowest BCUT2D eigenvalue weighted by molar-refractivity contribution is -0.145. The largest absolute Gasteiger partial charge is 0.481 e. The zero-order valence-electron chi connectivity index (χ0n) is 14.9. The average Bonchev–Trinajstić information content (AvgIpc) is 2.69. The molecule has 4 nitrogen and oxygen atoms in total. The predicted octanol–water partition coefficient (Wildman–Crippen LogP) is 3.73. The van der Waals surface area contributed by atoms with Crippen LogP contribution in [0, 0.1) is 5.92 Å². The van der Waals surface area contributed by atoms with Gasteiger partial charge in [-0.1, -0.05) is 60.7 Å². The van der Waals surface area contributed by atoms with E-state index in [2.05, 4.69) is 24.3 Å². The average molecular weight is 351 g/mol. The Balaban J connectivity index is 1.72. The number of likely N-dealkylation sites (tertiary alicyclic amines) is 1. The van der Waals surface area contributed by atoms with Crippen molar-refractivity contribution in [3.63, 3.8) is 0 Å². The molecule has 1 aliphatic heterocycles. The minimum absolute atomic E-state index is 0.0562. The summed E-state index contributed by atoms with van der Waals surface area (Å²) < 4.78 is 0. The van der Waals surface area contributed by atoms with Crippen LogP contribution in [0.1, 0.15) is 36.3 Å². The number of hydrogen-bond donors (Lipinski definition) is 1. The summed E-state index contributed by atoms with van der Waals surface area (Å²) in [7, 11) is 0. The van der Waals surface area contributed by atoms with Crippen molar-refractivity contribution in [3.05, 3.63) is 71.8 Å². The van der Waals surface area contributed by atoms with Gasteiger partial charge < -0.3 is 10.0 Å². The van der Waals surface area contributed by atoms with Gasteiger partial charge in [0.15, 0.2) is 0 Å². The number of carboxylic acid groups (broad SMARTS) is 1. The van der Waals surface area contributed by atoms with Crippen molar-refractivity contribution >= 4 is 11.9 Å². The number of piperidine rings is 1. The zero-order chi connectivity index (χ0) is 18.4. The molecule has 1 unspecified atom stereocenters. The number of carboxylic acids is 1. The first-order valence-electron chi connectivity index (χ1n) is 9.23. The van der Waals surface area contributed by atoms with Crippen LogP contribution in [0.3, 0.4) is 0 Å². The Hall–Kier alpha value is -2.62. The third-order valence-corrected chi connectivity index (χ3v) is 5.14. The topological polar surface area (TPSA) is 57.6 Å². The van der Waals surface area contributed by atoms with Crippen molar-refractivity contribution in [3.8, 4) is 0 Å². The first-order valence-corrected chi connectivity index (χ1v) is 9.23. The molecule has 2 atom stereocenters. The number of benzene rings is 2. The maximum atomic E-state index is 12.9. The SMILES string of the molecule is O=C(O)[C@H]1CCCN(C(=O)CC(Cc2ccccc2)c2ccccc2)C1. The molecular formula is C22H25NO3. The number of amides is 1. The fourth-order valence-corrected chi connectivity index (χ4v) is 3.68. The van der Waals surface area contributed by atoms with Crippen molar-refractivity contribution in [1.29, 1.82) is 0 Å². The van der Waals surface area contributed by atoms with Gasteiger partial charge in [-0.3, -0.25) is 9.59 Å². The Bertz CT molecular complexity index is 730. The van der Waals surface area contributed by atoms with E-state index in [0.29, 0.717) is 25.9 Å². The van der Waals surface area contributed by atoms with Crippen molar-refractivity contribution in [2.75, 3.05) is 13.1 Å². The van der Waals surface area contributed by atoms with Crippen molar-refractivity contribution in [2.45, 2.75) is 31.6 Å². The summed E-state index contributed by atoms with van der Waals surface area (Å²) in [5, 5.41) is 9.25. The Morgan fingerprint density at radius 3 is 2.35 bits per heavy atom. The molecule has 4 heteroatoms. The smallest absolute Gasteiger partial charge is 0.308 e. The Kier molecular flexibility index (Phi) is 6.05. The lowest BCUT2D eigenvalue weighted by Crippen LogP contribution is -2.42. The van der Waals surface area contributed by atoms with E-state index in [0.717, 1.165) is 18.4 Å². The van der Waals surface area contributed by atoms with Crippen LogP contribution >= 0.6 is 0 Å². The van der Waals surface area contributed by atoms with Crippen LogP contribution in [0.4, 0.5) is 0 Å². The predicted molar refractivity (Wildman–Crippen MR) is 101 cm³/mol. The molecule has 1 aliphatic rings. The van der Waals surface area contributed by atoms with E-state index in [1.165, 1.54) is 5.56 Å². The lowest BCUT2D eigenvalue weighted by Gasteiger charge is -2.32. The molecule has 3 rings (SSSR count). The Morgan fingerprint density at radius 2 is 1.69 bits per heavy atom. The van der Waals surface area contributed by atoms with Crippen LogP contribution in [0.25, 0.3) is 0 Å². The van der Waals surface area contributed by atoms with E-state index >= 15 is 0 Å². The maximum absolute atomic E-state index is 12.9. The van der Waals surface area contributed by atoms with Gasteiger partial charge in [-0.2, -0.15) is 0 Å². The van der Waals surface area contributed by atoms with Gasteiger partial charge in [0.1, 0.15) is 0 Å². The van der Waals surface area contributed by atoms with Gasteiger partial charge >= 0.3 is 5.97 Å². The van der Waals surface area contributed by atoms with E-state index in [4.69, 9.17) is 0 Å². The fraction of sp³-hybridized carbons (Fsp3) is 0.364. The van der Waals surface area contributed by atoms with Crippen LogP contribution in [0.5, 0.6) is 0 Å². The van der Waals surface area contributed by atoms with Gasteiger partial charge in [-0.25, -0.2) is 0 Å². The normalized spacial score (nSPS) is 18.3. The van der Waals surface area contributed by atoms with Crippen molar-refractivity contribution in [2.24, 2.45) is 5.92 Å². The number of carbonyl (C=O) groups excluding carboxylic acids is 1. The molecule has 0 spiro atoms. The first-order chi connectivity index (χ1) is 12.6. The Morgan fingerprint density at radius 1 is 1.04 bits per heavy atom. The molecule has 0 aromatic heterocycles. The second-order valence-electron chi connectivity index (χ2n) is 7.02. The monoisotopic (exact) mass is 351 g/mol. The van der Waals surface area contributed by atoms with Crippen LogP contribution in [0.15, 0.2) is 60.7 Å². The van der Waals surface area contributed by atoms with E-state index in [9.17, 15) is 14.7 Å². The molecule has 1 heterocycles. The summed E-state index contributed by atoms with van der Waals surface area (Å²) >= 11 is 0. The van der Waals surface area contributed by atoms with Crippen molar-refractivity contribution in [1.82, 2.24) is 4.90 Å². The molecule has 1 saturated heterocycles. The molecule has 26 heavy (non-hydrogen) atoms. The third-order valence-electron chi connectivity index (χ3n) is 5.14. The maximum Gasteiger partial charge on any atom is 0.308 e. The van der Waals surface area contributed by atoms with Crippen LogP contribution in [-0.2, 0) is 16.0 Å². The molecular weight excluding hydrogens is 326 g/mol. The first kappa shape index (κ1) is 18.2. The second kappa shape index (κ2) is 8.65. The van der Waals surface area contributed by atoms with E-state index in [1.54, 1.807) is 4.90 Å². The molecule has 2 aromatic carbocycles. The number of rotatable bonds is 6. The highest BCUT2D eigenvalue weighted by Crippen LogP contribution is 2.27. The third kappa shape index (κ3) is 4.72. The number of nitrogens with zero attached hydrogens (tertiary/aromatic N) is 1.